The van der Waals surface area contributed by atoms with Crippen molar-refractivity contribution in [1.29, 1.82) is 0 Å². The van der Waals surface area contributed by atoms with Crippen molar-refractivity contribution < 1.29 is 10.2 Å². The molecule has 0 spiro atoms. The largest absolute Gasteiger partial charge is 0.393 e. The molecule has 16 heavy (non-hydrogen) atoms. The Morgan fingerprint density at radius 1 is 1.19 bits per heavy atom. The summed E-state index contributed by atoms with van der Waals surface area (Å²) in [5.41, 5.74) is 0.936. The van der Waals surface area contributed by atoms with Crippen LogP contribution in [0.3, 0.4) is 0 Å². The highest BCUT2D eigenvalue weighted by atomic mass is 16.3. The second-order valence-corrected chi connectivity index (χ2v) is 4.33. The molecule has 3 heteroatoms. The average molecular weight is 223 g/mol. The summed E-state index contributed by atoms with van der Waals surface area (Å²) in [4.78, 5) is 2.03. The molecule has 1 rings (SSSR count). The van der Waals surface area contributed by atoms with E-state index in [4.69, 9.17) is 5.11 Å². The normalized spacial score (nSPS) is 15.1. The van der Waals surface area contributed by atoms with Crippen LogP contribution in [0.5, 0.6) is 0 Å². The lowest BCUT2D eigenvalue weighted by atomic mass is 10.1. The van der Waals surface area contributed by atoms with E-state index in [1.807, 2.05) is 42.3 Å². The summed E-state index contributed by atoms with van der Waals surface area (Å²) in [5, 5.41) is 19.1. The Morgan fingerprint density at radius 3 is 2.38 bits per heavy atom. The first kappa shape index (κ1) is 13.2. The van der Waals surface area contributed by atoms with Gasteiger partial charge in [0.25, 0.3) is 0 Å². The number of hydrogen-bond acceptors (Lipinski definition) is 3. The molecule has 0 aliphatic rings. The van der Waals surface area contributed by atoms with Crippen LogP contribution in [0.4, 0.5) is 0 Å². The van der Waals surface area contributed by atoms with Crippen LogP contribution in [0.2, 0.25) is 0 Å². The fourth-order valence-corrected chi connectivity index (χ4v) is 1.57. The highest BCUT2D eigenvalue weighted by molar-refractivity contribution is 5.17. The molecule has 0 aromatic heterocycles. The third-order valence-corrected chi connectivity index (χ3v) is 2.60. The van der Waals surface area contributed by atoms with Crippen LogP contribution in [0.25, 0.3) is 0 Å². The number of nitrogens with zero attached hydrogens (tertiary/aromatic N) is 1. The van der Waals surface area contributed by atoms with E-state index in [9.17, 15) is 5.11 Å². The first-order valence-electron chi connectivity index (χ1n) is 5.69. The van der Waals surface area contributed by atoms with Gasteiger partial charge in [-0.25, -0.2) is 0 Å². The maximum atomic E-state index is 9.95. The zero-order valence-corrected chi connectivity index (χ0v) is 10.0. The first-order valence-corrected chi connectivity index (χ1v) is 5.69. The number of likely N-dealkylation sites (N-methyl/N-ethyl adjacent to an activating group) is 1. The third-order valence-electron chi connectivity index (χ3n) is 2.60. The van der Waals surface area contributed by atoms with Gasteiger partial charge in [0, 0.05) is 13.1 Å². The molecule has 0 radical (unpaired) electrons. The van der Waals surface area contributed by atoms with E-state index in [-0.39, 0.29) is 6.10 Å². The van der Waals surface area contributed by atoms with Crippen molar-refractivity contribution in [2.45, 2.75) is 25.6 Å². The molecular formula is C13H21NO2. The Balaban J connectivity index is 2.36. The second-order valence-electron chi connectivity index (χ2n) is 4.33. The third kappa shape index (κ3) is 4.75. The minimum absolute atomic E-state index is 0.281. The maximum absolute atomic E-state index is 9.95. The SMILES string of the molecule is CC(O)CCN(C)CC(O)c1ccccc1. The Kier molecular flexibility index (Phi) is 5.46. The number of hydrogen-bond donors (Lipinski definition) is 2. The lowest BCUT2D eigenvalue weighted by Gasteiger charge is -2.21. The first-order chi connectivity index (χ1) is 7.59. The summed E-state index contributed by atoms with van der Waals surface area (Å²) in [6.07, 6.45) is -0.00520. The molecule has 0 aliphatic heterocycles. The predicted octanol–water partition coefficient (Wildman–Crippen LogP) is 1.42. The smallest absolute Gasteiger partial charge is 0.0916 e. The molecule has 0 saturated carbocycles. The van der Waals surface area contributed by atoms with Gasteiger partial charge < -0.3 is 15.1 Å². The molecule has 2 atom stereocenters. The Labute approximate surface area is 97.3 Å². The molecular weight excluding hydrogens is 202 g/mol. The quantitative estimate of drug-likeness (QED) is 0.766. The number of rotatable bonds is 6. The molecule has 0 aliphatic carbocycles. The van der Waals surface area contributed by atoms with Gasteiger partial charge in [-0.3, -0.25) is 0 Å². The van der Waals surface area contributed by atoms with E-state index in [0.717, 1.165) is 18.5 Å². The molecule has 90 valence electrons. The number of aliphatic hydroxyl groups excluding tert-OH is 2. The van der Waals surface area contributed by atoms with Gasteiger partial charge in [0.15, 0.2) is 0 Å². The molecule has 0 saturated heterocycles. The molecule has 2 N–H and O–H groups in total. The summed E-state index contributed by atoms with van der Waals surface area (Å²) >= 11 is 0. The average Bonchev–Trinajstić information content (AvgIpc) is 2.27. The molecule has 1 aromatic rings. The van der Waals surface area contributed by atoms with Crippen LogP contribution in [0, 0.1) is 0 Å². The zero-order valence-electron chi connectivity index (χ0n) is 10.0. The summed E-state index contributed by atoms with van der Waals surface area (Å²) in [6, 6.07) is 9.64. The van der Waals surface area contributed by atoms with Gasteiger partial charge >= 0.3 is 0 Å². The van der Waals surface area contributed by atoms with Crippen molar-refractivity contribution >= 4 is 0 Å². The monoisotopic (exact) mass is 223 g/mol. The fraction of sp³-hybridized carbons (Fsp3) is 0.538. The Morgan fingerprint density at radius 2 is 1.81 bits per heavy atom. The molecule has 0 bridgehead atoms. The van der Waals surface area contributed by atoms with E-state index in [1.165, 1.54) is 0 Å². The highest BCUT2D eigenvalue weighted by Gasteiger charge is 2.10. The fourth-order valence-electron chi connectivity index (χ4n) is 1.57. The summed E-state index contributed by atoms with van der Waals surface area (Å²) in [7, 11) is 1.95. The van der Waals surface area contributed by atoms with E-state index >= 15 is 0 Å². The lowest BCUT2D eigenvalue weighted by molar-refractivity contribution is 0.111. The van der Waals surface area contributed by atoms with Crippen LogP contribution in [-0.4, -0.2) is 41.4 Å². The van der Waals surface area contributed by atoms with Crippen molar-refractivity contribution in [3.8, 4) is 0 Å². The minimum atomic E-state index is -0.458. The van der Waals surface area contributed by atoms with E-state index in [1.54, 1.807) is 6.92 Å². The second kappa shape index (κ2) is 6.63. The predicted molar refractivity (Wildman–Crippen MR) is 65.2 cm³/mol. The summed E-state index contributed by atoms with van der Waals surface area (Å²) in [6.45, 7) is 3.17. The van der Waals surface area contributed by atoms with Crippen molar-refractivity contribution in [3.63, 3.8) is 0 Å². The van der Waals surface area contributed by atoms with E-state index in [2.05, 4.69) is 0 Å². The van der Waals surface area contributed by atoms with Crippen molar-refractivity contribution in [1.82, 2.24) is 4.90 Å². The topological polar surface area (TPSA) is 43.7 Å². The molecule has 3 nitrogen and oxygen atoms in total. The van der Waals surface area contributed by atoms with Crippen LogP contribution < -0.4 is 0 Å². The summed E-state index contributed by atoms with van der Waals surface area (Å²) in [5.74, 6) is 0. The van der Waals surface area contributed by atoms with Gasteiger partial charge in [-0.15, -0.1) is 0 Å². The van der Waals surface area contributed by atoms with Crippen LogP contribution in [-0.2, 0) is 0 Å². The van der Waals surface area contributed by atoms with Gasteiger partial charge in [0.05, 0.1) is 12.2 Å². The lowest BCUT2D eigenvalue weighted by Crippen LogP contribution is -2.27. The van der Waals surface area contributed by atoms with Gasteiger partial charge in [0.1, 0.15) is 0 Å². The molecule has 1 aromatic carbocycles. The van der Waals surface area contributed by atoms with Gasteiger partial charge in [0.2, 0.25) is 0 Å². The van der Waals surface area contributed by atoms with Crippen molar-refractivity contribution in [3.05, 3.63) is 35.9 Å². The molecule has 0 fully saturated rings. The van der Waals surface area contributed by atoms with Crippen LogP contribution >= 0.6 is 0 Å². The van der Waals surface area contributed by atoms with Gasteiger partial charge in [-0.2, -0.15) is 0 Å². The van der Waals surface area contributed by atoms with E-state index < -0.39 is 6.10 Å². The summed E-state index contributed by atoms with van der Waals surface area (Å²) < 4.78 is 0. The standard InChI is InChI=1S/C13H21NO2/c1-11(15)8-9-14(2)10-13(16)12-6-4-3-5-7-12/h3-7,11,13,15-16H,8-10H2,1-2H3. The van der Waals surface area contributed by atoms with Crippen LogP contribution in [0.1, 0.15) is 25.0 Å². The van der Waals surface area contributed by atoms with Gasteiger partial charge in [-0.05, 0) is 26.0 Å². The minimum Gasteiger partial charge on any atom is -0.393 e. The Hall–Kier alpha value is -0.900. The molecule has 0 heterocycles. The van der Waals surface area contributed by atoms with Gasteiger partial charge in [-0.1, -0.05) is 30.3 Å². The Bertz CT molecular complexity index is 287. The van der Waals surface area contributed by atoms with Crippen molar-refractivity contribution in [2.75, 3.05) is 20.1 Å². The number of benzene rings is 1. The van der Waals surface area contributed by atoms with E-state index in [0.29, 0.717) is 6.54 Å². The maximum Gasteiger partial charge on any atom is 0.0916 e. The zero-order chi connectivity index (χ0) is 12.0. The molecule has 2 unspecified atom stereocenters. The van der Waals surface area contributed by atoms with Crippen LogP contribution in [0.15, 0.2) is 30.3 Å². The number of aliphatic hydroxyl groups is 2. The van der Waals surface area contributed by atoms with Crippen molar-refractivity contribution in [2.24, 2.45) is 0 Å². The highest BCUT2D eigenvalue weighted by Crippen LogP contribution is 2.13. The molecule has 0 amide bonds.